The summed E-state index contributed by atoms with van der Waals surface area (Å²) in [5.41, 5.74) is 0.370. The highest BCUT2D eigenvalue weighted by Gasteiger charge is 2.33. The molecule has 1 aliphatic rings. The van der Waals surface area contributed by atoms with Crippen molar-refractivity contribution in [1.82, 2.24) is 0 Å². The molecule has 1 aromatic rings. The first-order valence-electron chi connectivity index (χ1n) is 4.11. The van der Waals surface area contributed by atoms with Gasteiger partial charge in [0.25, 0.3) is 0 Å². The fraction of sp³-hybridized carbons (Fsp3) is 0.222. The number of carbonyl (C=O) groups is 1. The molecule has 1 heterocycles. The standard InChI is InChI=1S/C9H9NO4/c11-5-7-9(12)14-8-4-2-1-3-6(8)10(7)13/h1-5,7,9,12-13H. The summed E-state index contributed by atoms with van der Waals surface area (Å²) in [4.78, 5) is 10.5. The smallest absolute Gasteiger partial charge is 0.227 e. The van der Waals surface area contributed by atoms with Crippen LogP contribution in [0.4, 0.5) is 5.69 Å². The Balaban J connectivity index is 2.43. The van der Waals surface area contributed by atoms with Crippen LogP contribution in [0.2, 0.25) is 0 Å². The van der Waals surface area contributed by atoms with Gasteiger partial charge in [0.05, 0.1) is 0 Å². The number of aliphatic hydroxyl groups is 1. The number of ether oxygens (including phenoxy) is 1. The number of carbonyl (C=O) groups excluding carboxylic acids is 1. The number of hydrogen-bond donors (Lipinski definition) is 2. The molecule has 1 aliphatic heterocycles. The first kappa shape index (κ1) is 8.98. The lowest BCUT2D eigenvalue weighted by Crippen LogP contribution is -2.49. The number of hydrogen-bond acceptors (Lipinski definition) is 5. The van der Waals surface area contributed by atoms with Crippen molar-refractivity contribution in [2.24, 2.45) is 0 Å². The van der Waals surface area contributed by atoms with Gasteiger partial charge in [-0.2, -0.15) is 0 Å². The molecule has 0 spiro atoms. The Hall–Kier alpha value is -1.59. The van der Waals surface area contributed by atoms with Crippen LogP contribution in [0.25, 0.3) is 0 Å². The highest BCUT2D eigenvalue weighted by Crippen LogP contribution is 2.33. The van der Waals surface area contributed by atoms with Gasteiger partial charge in [-0.3, -0.25) is 5.21 Å². The molecule has 2 atom stereocenters. The number of aliphatic hydroxyl groups excluding tert-OH is 1. The Morgan fingerprint density at radius 1 is 1.43 bits per heavy atom. The van der Waals surface area contributed by atoms with E-state index in [0.29, 0.717) is 22.8 Å². The summed E-state index contributed by atoms with van der Waals surface area (Å²) in [6.07, 6.45) is -0.909. The number of para-hydroxylation sites is 2. The number of hydroxylamine groups is 1. The quantitative estimate of drug-likeness (QED) is 0.625. The summed E-state index contributed by atoms with van der Waals surface area (Å²) in [5.74, 6) is 0.348. The van der Waals surface area contributed by atoms with E-state index in [0.717, 1.165) is 0 Å². The van der Waals surface area contributed by atoms with Gasteiger partial charge < -0.3 is 14.6 Å². The Kier molecular flexibility index (Phi) is 2.11. The monoisotopic (exact) mass is 195 g/mol. The van der Waals surface area contributed by atoms with Crippen molar-refractivity contribution in [2.75, 3.05) is 5.06 Å². The average molecular weight is 195 g/mol. The van der Waals surface area contributed by atoms with Crippen LogP contribution in [-0.2, 0) is 4.79 Å². The molecule has 5 nitrogen and oxygen atoms in total. The highest BCUT2D eigenvalue weighted by molar-refractivity contribution is 5.70. The lowest BCUT2D eigenvalue weighted by molar-refractivity contribution is -0.122. The second-order valence-electron chi connectivity index (χ2n) is 2.95. The van der Waals surface area contributed by atoms with E-state index in [-0.39, 0.29) is 0 Å². The topological polar surface area (TPSA) is 70.0 Å². The van der Waals surface area contributed by atoms with Crippen LogP contribution in [0.15, 0.2) is 24.3 Å². The largest absolute Gasteiger partial charge is 0.460 e. The molecule has 0 bridgehead atoms. The van der Waals surface area contributed by atoms with Gasteiger partial charge >= 0.3 is 0 Å². The summed E-state index contributed by atoms with van der Waals surface area (Å²) in [5, 5.41) is 19.6. The molecule has 1 aromatic carbocycles. The minimum Gasteiger partial charge on any atom is -0.460 e. The van der Waals surface area contributed by atoms with Crippen molar-refractivity contribution in [3.8, 4) is 5.75 Å². The summed E-state index contributed by atoms with van der Waals surface area (Å²) < 4.78 is 5.03. The van der Waals surface area contributed by atoms with Gasteiger partial charge in [0, 0.05) is 0 Å². The maximum Gasteiger partial charge on any atom is 0.227 e. The summed E-state index contributed by atoms with van der Waals surface area (Å²) in [6.45, 7) is 0. The lowest BCUT2D eigenvalue weighted by atomic mass is 10.2. The third-order valence-corrected chi connectivity index (χ3v) is 2.07. The molecule has 2 N–H and O–H groups in total. The molecule has 0 radical (unpaired) electrons. The van der Waals surface area contributed by atoms with E-state index in [1.807, 2.05) is 0 Å². The van der Waals surface area contributed by atoms with Gasteiger partial charge in [0.1, 0.15) is 11.4 Å². The Morgan fingerprint density at radius 3 is 2.86 bits per heavy atom. The van der Waals surface area contributed by atoms with E-state index in [2.05, 4.69) is 0 Å². The average Bonchev–Trinajstić information content (AvgIpc) is 2.18. The summed E-state index contributed by atoms with van der Waals surface area (Å²) in [7, 11) is 0. The summed E-state index contributed by atoms with van der Waals surface area (Å²) in [6, 6.07) is 5.52. The number of anilines is 1. The second kappa shape index (κ2) is 3.28. The molecule has 0 fully saturated rings. The number of benzene rings is 1. The molecule has 2 rings (SSSR count). The molecular formula is C9H9NO4. The zero-order valence-corrected chi connectivity index (χ0v) is 7.20. The lowest BCUT2D eigenvalue weighted by Gasteiger charge is -2.33. The van der Waals surface area contributed by atoms with Crippen LogP contribution in [0.5, 0.6) is 5.75 Å². The van der Waals surface area contributed by atoms with Crippen molar-refractivity contribution < 1.29 is 19.8 Å². The van der Waals surface area contributed by atoms with Gasteiger partial charge in [0.15, 0.2) is 12.3 Å². The summed E-state index contributed by atoms with van der Waals surface area (Å²) >= 11 is 0. The molecule has 0 amide bonds. The normalized spacial score (nSPS) is 25.1. The van der Waals surface area contributed by atoms with Gasteiger partial charge in [-0.25, -0.2) is 5.06 Å². The van der Waals surface area contributed by atoms with E-state index >= 15 is 0 Å². The minimum atomic E-state index is -1.34. The predicted octanol–water partition coefficient (Wildman–Crippen LogP) is 0.161. The van der Waals surface area contributed by atoms with Crippen LogP contribution in [0.3, 0.4) is 0 Å². The Morgan fingerprint density at radius 2 is 2.14 bits per heavy atom. The highest BCUT2D eigenvalue weighted by atomic mass is 16.6. The van der Waals surface area contributed by atoms with Crippen molar-refractivity contribution in [1.29, 1.82) is 0 Å². The van der Waals surface area contributed by atoms with Crippen LogP contribution in [0, 0.1) is 0 Å². The van der Waals surface area contributed by atoms with E-state index in [9.17, 15) is 15.1 Å². The molecular weight excluding hydrogens is 186 g/mol. The number of rotatable bonds is 1. The maximum absolute atomic E-state index is 10.5. The van der Waals surface area contributed by atoms with E-state index in [4.69, 9.17) is 4.74 Å². The molecule has 74 valence electrons. The van der Waals surface area contributed by atoms with E-state index in [1.54, 1.807) is 24.3 Å². The van der Waals surface area contributed by atoms with Gasteiger partial charge in [-0.05, 0) is 12.1 Å². The van der Waals surface area contributed by atoms with E-state index < -0.39 is 12.3 Å². The second-order valence-corrected chi connectivity index (χ2v) is 2.95. The van der Waals surface area contributed by atoms with Crippen molar-refractivity contribution in [3.05, 3.63) is 24.3 Å². The van der Waals surface area contributed by atoms with E-state index in [1.165, 1.54) is 0 Å². The maximum atomic E-state index is 10.5. The number of nitrogens with zero attached hydrogens (tertiary/aromatic N) is 1. The number of fused-ring (bicyclic) bond motifs is 1. The van der Waals surface area contributed by atoms with Crippen molar-refractivity contribution >= 4 is 12.0 Å². The molecule has 0 aromatic heterocycles. The van der Waals surface area contributed by atoms with Crippen LogP contribution >= 0.6 is 0 Å². The third kappa shape index (κ3) is 1.23. The molecule has 0 aliphatic carbocycles. The van der Waals surface area contributed by atoms with Crippen LogP contribution < -0.4 is 9.80 Å². The third-order valence-electron chi connectivity index (χ3n) is 2.07. The number of aldehydes is 1. The minimum absolute atomic E-state index is 0.348. The molecule has 0 saturated heterocycles. The molecule has 5 heteroatoms. The van der Waals surface area contributed by atoms with Crippen LogP contribution in [0.1, 0.15) is 0 Å². The van der Waals surface area contributed by atoms with Crippen molar-refractivity contribution in [3.63, 3.8) is 0 Å². The van der Waals surface area contributed by atoms with Crippen LogP contribution in [-0.4, -0.2) is 28.9 Å². The Bertz CT molecular complexity index is 354. The first-order chi connectivity index (χ1) is 6.74. The molecule has 0 saturated carbocycles. The zero-order valence-electron chi connectivity index (χ0n) is 7.20. The molecule has 2 unspecified atom stereocenters. The Labute approximate surface area is 80.1 Å². The van der Waals surface area contributed by atoms with Gasteiger partial charge in [-0.15, -0.1) is 0 Å². The first-order valence-corrected chi connectivity index (χ1v) is 4.11. The van der Waals surface area contributed by atoms with Gasteiger partial charge in [-0.1, -0.05) is 12.1 Å². The fourth-order valence-electron chi connectivity index (χ4n) is 1.35. The fourth-order valence-corrected chi connectivity index (χ4v) is 1.35. The zero-order chi connectivity index (χ0) is 10.1. The van der Waals surface area contributed by atoms with Gasteiger partial charge in [0.2, 0.25) is 6.29 Å². The SMILES string of the molecule is O=CC1C(O)Oc2ccccc2N1O. The predicted molar refractivity (Wildman–Crippen MR) is 47.2 cm³/mol. The molecule has 14 heavy (non-hydrogen) atoms. The van der Waals surface area contributed by atoms with Crippen molar-refractivity contribution in [2.45, 2.75) is 12.3 Å².